The average Bonchev–Trinajstić information content (AvgIpc) is 2.19. The second-order valence-corrected chi connectivity index (χ2v) is 2.64. The third-order valence-electron chi connectivity index (χ3n) is 1.75. The first-order valence-corrected chi connectivity index (χ1v) is 4.20. The predicted molar refractivity (Wildman–Crippen MR) is 56.2 cm³/mol. The molecule has 0 aliphatic rings. The van der Waals surface area contributed by atoms with Crippen LogP contribution in [-0.2, 0) is 4.79 Å². The zero-order chi connectivity index (χ0) is 9.52. The van der Waals surface area contributed by atoms with E-state index >= 15 is 0 Å². The van der Waals surface area contributed by atoms with Crippen LogP contribution in [0.15, 0.2) is 36.9 Å². The average molecular weight is 172 g/mol. The molecule has 66 valence electrons. The molecule has 0 bridgehead atoms. The fourth-order valence-electron chi connectivity index (χ4n) is 1.10. The Morgan fingerprint density at radius 2 is 1.92 bits per heavy atom. The van der Waals surface area contributed by atoms with E-state index in [1.807, 2.05) is 36.4 Å². The van der Waals surface area contributed by atoms with Gasteiger partial charge < -0.3 is 4.79 Å². The molecular weight excluding hydrogens is 160 g/mol. The lowest BCUT2D eigenvalue weighted by atomic mass is 10.1. The fraction of sp³-hybridized carbons (Fsp3) is 0.0833. The summed E-state index contributed by atoms with van der Waals surface area (Å²) in [5.74, 6) is 0. The third-order valence-corrected chi connectivity index (χ3v) is 1.75. The fourth-order valence-corrected chi connectivity index (χ4v) is 1.10. The summed E-state index contributed by atoms with van der Waals surface area (Å²) in [4.78, 5) is 10.1. The van der Waals surface area contributed by atoms with Crippen LogP contribution in [0.1, 0.15) is 17.5 Å². The largest absolute Gasteiger partial charge is 0.303 e. The molecule has 0 saturated carbocycles. The lowest BCUT2D eigenvalue weighted by Crippen LogP contribution is -1.78. The van der Waals surface area contributed by atoms with E-state index < -0.39 is 0 Å². The minimum Gasteiger partial charge on any atom is -0.303 e. The minimum absolute atomic E-state index is 0.464. The van der Waals surface area contributed by atoms with E-state index in [2.05, 4.69) is 6.58 Å². The van der Waals surface area contributed by atoms with E-state index in [4.69, 9.17) is 0 Å². The molecule has 0 aliphatic heterocycles. The van der Waals surface area contributed by atoms with E-state index in [1.54, 1.807) is 6.08 Å². The Labute approximate surface area is 78.4 Å². The van der Waals surface area contributed by atoms with Crippen LogP contribution in [0.25, 0.3) is 12.2 Å². The van der Waals surface area contributed by atoms with Crippen LogP contribution < -0.4 is 0 Å². The minimum atomic E-state index is 0.464. The van der Waals surface area contributed by atoms with Crippen molar-refractivity contribution >= 4 is 18.4 Å². The van der Waals surface area contributed by atoms with Crippen LogP contribution in [0, 0.1) is 0 Å². The maximum atomic E-state index is 10.1. The first-order valence-electron chi connectivity index (χ1n) is 4.20. The van der Waals surface area contributed by atoms with Gasteiger partial charge >= 0.3 is 0 Å². The Hall–Kier alpha value is -1.63. The number of aldehydes is 1. The van der Waals surface area contributed by atoms with Crippen LogP contribution >= 0.6 is 0 Å². The number of rotatable bonds is 4. The highest BCUT2D eigenvalue weighted by Gasteiger charge is 1.91. The zero-order valence-electron chi connectivity index (χ0n) is 7.44. The van der Waals surface area contributed by atoms with Crippen molar-refractivity contribution in [1.29, 1.82) is 0 Å². The Kier molecular flexibility index (Phi) is 3.71. The van der Waals surface area contributed by atoms with Gasteiger partial charge in [-0.2, -0.15) is 0 Å². The highest BCUT2D eigenvalue weighted by molar-refractivity contribution is 5.65. The van der Waals surface area contributed by atoms with E-state index in [1.165, 1.54) is 0 Å². The Morgan fingerprint density at radius 1 is 1.23 bits per heavy atom. The quantitative estimate of drug-likeness (QED) is 0.638. The summed E-state index contributed by atoms with van der Waals surface area (Å²) in [6.45, 7) is 3.72. The molecular formula is C12H12O. The van der Waals surface area contributed by atoms with Crippen molar-refractivity contribution in [1.82, 2.24) is 0 Å². The second-order valence-electron chi connectivity index (χ2n) is 2.64. The molecule has 1 aromatic carbocycles. The van der Waals surface area contributed by atoms with Gasteiger partial charge in [-0.1, -0.05) is 49.1 Å². The molecule has 0 heterocycles. The summed E-state index contributed by atoms with van der Waals surface area (Å²) in [7, 11) is 0. The maximum Gasteiger partial charge on any atom is 0.123 e. The van der Waals surface area contributed by atoms with E-state index in [-0.39, 0.29) is 0 Å². The first-order chi connectivity index (χ1) is 6.38. The molecule has 0 spiro atoms. The van der Waals surface area contributed by atoms with Gasteiger partial charge in [-0.25, -0.2) is 0 Å². The van der Waals surface area contributed by atoms with Gasteiger partial charge in [0, 0.05) is 6.42 Å². The number of hydrogen-bond donors (Lipinski definition) is 0. The van der Waals surface area contributed by atoms with Gasteiger partial charge in [0.2, 0.25) is 0 Å². The molecule has 0 unspecified atom stereocenters. The number of carbonyl (C=O) groups excluding carboxylic acids is 1. The Balaban J connectivity index is 2.86. The van der Waals surface area contributed by atoms with Crippen LogP contribution in [0.4, 0.5) is 0 Å². The van der Waals surface area contributed by atoms with Gasteiger partial charge in [0.25, 0.3) is 0 Å². The molecule has 1 heteroatoms. The predicted octanol–water partition coefficient (Wildman–Crippen LogP) is 2.93. The van der Waals surface area contributed by atoms with Crippen molar-refractivity contribution in [3.8, 4) is 0 Å². The van der Waals surface area contributed by atoms with Crippen molar-refractivity contribution in [3.63, 3.8) is 0 Å². The van der Waals surface area contributed by atoms with Gasteiger partial charge in [-0.05, 0) is 11.1 Å². The van der Waals surface area contributed by atoms with Gasteiger partial charge in [0.15, 0.2) is 0 Å². The molecule has 0 amide bonds. The SMILES string of the molecule is C=Cc1ccccc1/C=C\CC=O. The summed E-state index contributed by atoms with van der Waals surface area (Å²) in [6.07, 6.45) is 6.93. The number of benzene rings is 1. The van der Waals surface area contributed by atoms with Crippen molar-refractivity contribution < 1.29 is 4.79 Å². The summed E-state index contributed by atoms with van der Waals surface area (Å²) in [5.41, 5.74) is 2.18. The van der Waals surface area contributed by atoms with Gasteiger partial charge in [0.05, 0.1) is 0 Å². The van der Waals surface area contributed by atoms with Gasteiger partial charge in [0.1, 0.15) is 6.29 Å². The van der Waals surface area contributed by atoms with Crippen LogP contribution in [0.5, 0.6) is 0 Å². The van der Waals surface area contributed by atoms with Crippen molar-refractivity contribution in [2.24, 2.45) is 0 Å². The monoisotopic (exact) mass is 172 g/mol. The third kappa shape index (κ3) is 2.71. The Morgan fingerprint density at radius 3 is 2.54 bits per heavy atom. The molecule has 1 nitrogen and oxygen atoms in total. The molecule has 0 N–H and O–H groups in total. The topological polar surface area (TPSA) is 17.1 Å². The number of allylic oxidation sites excluding steroid dienone is 1. The smallest absolute Gasteiger partial charge is 0.123 e. The summed E-state index contributed by atoms with van der Waals surface area (Å²) in [6, 6.07) is 7.92. The highest BCUT2D eigenvalue weighted by Crippen LogP contribution is 2.11. The lowest BCUT2D eigenvalue weighted by molar-refractivity contribution is -0.107. The molecule has 0 aliphatic carbocycles. The number of carbonyl (C=O) groups is 1. The van der Waals surface area contributed by atoms with Crippen molar-refractivity contribution in [2.75, 3.05) is 0 Å². The van der Waals surface area contributed by atoms with Crippen molar-refractivity contribution in [2.45, 2.75) is 6.42 Å². The molecule has 1 rings (SSSR count). The van der Waals surface area contributed by atoms with E-state index in [0.717, 1.165) is 17.4 Å². The summed E-state index contributed by atoms with van der Waals surface area (Å²) < 4.78 is 0. The first kappa shape index (κ1) is 9.46. The number of hydrogen-bond acceptors (Lipinski definition) is 1. The molecule has 13 heavy (non-hydrogen) atoms. The van der Waals surface area contributed by atoms with E-state index in [9.17, 15) is 4.79 Å². The maximum absolute atomic E-state index is 10.1. The van der Waals surface area contributed by atoms with Crippen molar-refractivity contribution in [3.05, 3.63) is 48.0 Å². The zero-order valence-corrected chi connectivity index (χ0v) is 7.44. The molecule has 0 saturated heterocycles. The standard InChI is InChI=1S/C12H12O/c1-2-11-7-3-4-8-12(11)9-5-6-10-13/h2-5,7-10H,1,6H2/b9-5-. The molecule has 0 atom stereocenters. The molecule has 0 aromatic heterocycles. The van der Waals surface area contributed by atoms with Crippen LogP contribution in [0.2, 0.25) is 0 Å². The van der Waals surface area contributed by atoms with Crippen LogP contribution in [0.3, 0.4) is 0 Å². The normalized spacial score (nSPS) is 10.2. The van der Waals surface area contributed by atoms with Crippen LogP contribution in [-0.4, -0.2) is 6.29 Å². The summed E-state index contributed by atoms with van der Waals surface area (Å²) in [5, 5.41) is 0. The highest BCUT2D eigenvalue weighted by atomic mass is 16.1. The second kappa shape index (κ2) is 5.09. The van der Waals surface area contributed by atoms with Gasteiger partial charge in [-0.3, -0.25) is 0 Å². The Bertz CT molecular complexity index is 324. The van der Waals surface area contributed by atoms with Gasteiger partial charge in [-0.15, -0.1) is 0 Å². The lowest BCUT2D eigenvalue weighted by Gasteiger charge is -1.98. The summed E-state index contributed by atoms with van der Waals surface area (Å²) >= 11 is 0. The van der Waals surface area contributed by atoms with E-state index in [0.29, 0.717) is 6.42 Å². The molecule has 0 fully saturated rings. The molecule has 0 radical (unpaired) electrons. The molecule has 1 aromatic rings.